The van der Waals surface area contributed by atoms with E-state index in [0.29, 0.717) is 25.6 Å². The maximum Gasteiger partial charge on any atom is 0.238 e. The predicted molar refractivity (Wildman–Crippen MR) is 84.4 cm³/mol. The van der Waals surface area contributed by atoms with Gasteiger partial charge in [0, 0.05) is 25.3 Å². The van der Waals surface area contributed by atoms with Crippen LogP contribution >= 0.6 is 0 Å². The second-order valence-electron chi connectivity index (χ2n) is 5.75. The summed E-state index contributed by atoms with van der Waals surface area (Å²) in [5.41, 5.74) is 7.68. The molecule has 5 nitrogen and oxygen atoms in total. The minimum atomic E-state index is 0.0146. The average molecular weight is 291 g/mol. The molecule has 1 aliphatic heterocycles. The number of morpholine rings is 1. The lowest BCUT2D eigenvalue weighted by atomic mass is 10.0. The molecule has 1 atom stereocenters. The molecule has 1 aromatic rings. The molecule has 1 amide bonds. The number of nitrogens with zero attached hydrogens (tertiary/aromatic N) is 1. The van der Waals surface area contributed by atoms with Gasteiger partial charge in [-0.25, -0.2) is 0 Å². The molecular formula is C16H25N3O2. The van der Waals surface area contributed by atoms with Crippen molar-refractivity contribution in [3.05, 3.63) is 29.8 Å². The van der Waals surface area contributed by atoms with Crippen molar-refractivity contribution in [1.29, 1.82) is 0 Å². The Bertz CT molecular complexity index is 476. The molecule has 0 saturated carbocycles. The average Bonchev–Trinajstić information content (AvgIpc) is 2.47. The van der Waals surface area contributed by atoms with Crippen LogP contribution in [-0.4, -0.2) is 49.7 Å². The summed E-state index contributed by atoms with van der Waals surface area (Å²) >= 11 is 0. The van der Waals surface area contributed by atoms with Crippen LogP contribution in [0, 0.1) is 0 Å². The molecule has 116 valence electrons. The van der Waals surface area contributed by atoms with E-state index in [1.54, 1.807) is 0 Å². The van der Waals surface area contributed by atoms with Gasteiger partial charge < -0.3 is 15.8 Å². The van der Waals surface area contributed by atoms with Gasteiger partial charge in [0.2, 0.25) is 5.91 Å². The molecule has 21 heavy (non-hydrogen) atoms. The molecule has 0 bridgehead atoms. The Labute approximate surface area is 126 Å². The second-order valence-corrected chi connectivity index (χ2v) is 5.75. The first-order chi connectivity index (χ1) is 10.1. The molecular weight excluding hydrogens is 266 g/mol. The van der Waals surface area contributed by atoms with Crippen molar-refractivity contribution >= 4 is 11.6 Å². The highest BCUT2D eigenvalue weighted by Crippen LogP contribution is 2.23. The van der Waals surface area contributed by atoms with Gasteiger partial charge in [0.05, 0.1) is 19.3 Å². The van der Waals surface area contributed by atoms with Crippen LogP contribution in [0.3, 0.4) is 0 Å². The number of carbonyl (C=O) groups is 1. The molecule has 0 radical (unpaired) electrons. The second kappa shape index (κ2) is 7.54. The van der Waals surface area contributed by atoms with Gasteiger partial charge in [0.15, 0.2) is 0 Å². The van der Waals surface area contributed by atoms with E-state index in [2.05, 4.69) is 30.1 Å². The van der Waals surface area contributed by atoms with E-state index in [-0.39, 0.29) is 12.0 Å². The highest BCUT2D eigenvalue weighted by molar-refractivity contribution is 5.93. The minimum Gasteiger partial charge on any atom is -0.374 e. The fraction of sp³-hybridized carbons (Fsp3) is 0.562. The number of para-hydroxylation sites is 1. The van der Waals surface area contributed by atoms with Crippen molar-refractivity contribution < 1.29 is 9.53 Å². The standard InChI is InChI=1S/C16H25N3O2/c1-12(2)14-5-3-4-6-15(14)18-16(20)11-19-7-8-21-13(9-17)10-19/h3-6,12-13H,7-11,17H2,1-2H3,(H,18,20). The van der Waals surface area contributed by atoms with Crippen molar-refractivity contribution in [2.45, 2.75) is 25.9 Å². The molecule has 0 aromatic heterocycles. The van der Waals surface area contributed by atoms with Crippen molar-refractivity contribution in [3.8, 4) is 0 Å². The first-order valence-corrected chi connectivity index (χ1v) is 7.53. The van der Waals surface area contributed by atoms with Crippen LogP contribution in [0.2, 0.25) is 0 Å². The zero-order valence-corrected chi connectivity index (χ0v) is 12.8. The smallest absolute Gasteiger partial charge is 0.238 e. The maximum absolute atomic E-state index is 12.2. The summed E-state index contributed by atoms with van der Waals surface area (Å²) < 4.78 is 5.51. The Morgan fingerprint density at radius 3 is 2.95 bits per heavy atom. The van der Waals surface area contributed by atoms with Crippen molar-refractivity contribution in [2.24, 2.45) is 5.73 Å². The number of hydrogen-bond acceptors (Lipinski definition) is 4. The van der Waals surface area contributed by atoms with Gasteiger partial charge in [-0.2, -0.15) is 0 Å². The topological polar surface area (TPSA) is 67.6 Å². The molecule has 1 heterocycles. The number of carbonyl (C=O) groups excluding carboxylic acids is 1. The molecule has 1 aliphatic rings. The molecule has 1 aromatic carbocycles. The number of ether oxygens (including phenoxy) is 1. The molecule has 2 rings (SSSR count). The maximum atomic E-state index is 12.2. The predicted octanol–water partition coefficient (Wildman–Crippen LogP) is 1.41. The fourth-order valence-corrected chi connectivity index (χ4v) is 2.57. The van der Waals surface area contributed by atoms with Gasteiger partial charge in [-0.15, -0.1) is 0 Å². The molecule has 1 unspecified atom stereocenters. The SMILES string of the molecule is CC(C)c1ccccc1NC(=O)CN1CCOC(CN)C1. The monoisotopic (exact) mass is 291 g/mol. The molecule has 0 spiro atoms. The number of benzene rings is 1. The summed E-state index contributed by atoms with van der Waals surface area (Å²) in [5, 5.41) is 3.02. The lowest BCUT2D eigenvalue weighted by Gasteiger charge is -2.31. The largest absolute Gasteiger partial charge is 0.374 e. The van der Waals surface area contributed by atoms with E-state index >= 15 is 0 Å². The number of anilines is 1. The van der Waals surface area contributed by atoms with Gasteiger partial charge >= 0.3 is 0 Å². The molecule has 3 N–H and O–H groups in total. The Hall–Kier alpha value is -1.43. The highest BCUT2D eigenvalue weighted by Gasteiger charge is 2.21. The van der Waals surface area contributed by atoms with E-state index in [1.807, 2.05) is 18.2 Å². The third-order valence-corrected chi connectivity index (χ3v) is 3.71. The fourth-order valence-electron chi connectivity index (χ4n) is 2.57. The zero-order chi connectivity index (χ0) is 15.2. The van der Waals surface area contributed by atoms with E-state index in [9.17, 15) is 4.79 Å². The van der Waals surface area contributed by atoms with Crippen LogP contribution in [-0.2, 0) is 9.53 Å². The summed E-state index contributed by atoms with van der Waals surface area (Å²) in [5.74, 6) is 0.396. The number of rotatable bonds is 5. The van der Waals surface area contributed by atoms with E-state index in [1.165, 1.54) is 0 Å². The van der Waals surface area contributed by atoms with Gasteiger partial charge in [0.1, 0.15) is 0 Å². The molecule has 1 fully saturated rings. The van der Waals surface area contributed by atoms with Crippen LogP contribution in [0.25, 0.3) is 0 Å². The van der Waals surface area contributed by atoms with Gasteiger partial charge in [-0.3, -0.25) is 9.69 Å². The first-order valence-electron chi connectivity index (χ1n) is 7.53. The van der Waals surface area contributed by atoms with E-state index in [0.717, 1.165) is 24.3 Å². The summed E-state index contributed by atoms with van der Waals surface area (Å²) in [6.45, 7) is 7.25. The van der Waals surface area contributed by atoms with E-state index < -0.39 is 0 Å². The molecule has 0 aliphatic carbocycles. The zero-order valence-electron chi connectivity index (χ0n) is 12.8. The number of nitrogens with one attached hydrogen (secondary N) is 1. The highest BCUT2D eigenvalue weighted by atomic mass is 16.5. The molecule has 5 heteroatoms. The van der Waals surface area contributed by atoms with Crippen LogP contribution in [0.5, 0.6) is 0 Å². The summed E-state index contributed by atoms with van der Waals surface area (Å²) in [4.78, 5) is 14.3. The van der Waals surface area contributed by atoms with Crippen molar-refractivity contribution in [2.75, 3.05) is 38.1 Å². The number of hydrogen-bond donors (Lipinski definition) is 2. The number of amides is 1. The third kappa shape index (κ3) is 4.52. The van der Waals surface area contributed by atoms with Gasteiger partial charge in [-0.1, -0.05) is 32.0 Å². The summed E-state index contributed by atoms with van der Waals surface area (Å²) in [7, 11) is 0. The lowest BCUT2D eigenvalue weighted by molar-refractivity contribution is -0.119. The normalized spacial score (nSPS) is 19.7. The van der Waals surface area contributed by atoms with Crippen LogP contribution < -0.4 is 11.1 Å². The van der Waals surface area contributed by atoms with Crippen molar-refractivity contribution in [3.63, 3.8) is 0 Å². The summed E-state index contributed by atoms with van der Waals surface area (Å²) in [6, 6.07) is 7.95. The summed E-state index contributed by atoms with van der Waals surface area (Å²) in [6.07, 6.45) is 0.0366. The molecule has 1 saturated heterocycles. The van der Waals surface area contributed by atoms with E-state index in [4.69, 9.17) is 10.5 Å². The van der Waals surface area contributed by atoms with Crippen LogP contribution in [0.4, 0.5) is 5.69 Å². The van der Waals surface area contributed by atoms with Crippen molar-refractivity contribution in [1.82, 2.24) is 4.90 Å². The van der Waals surface area contributed by atoms with Gasteiger partial charge in [0.25, 0.3) is 0 Å². The Morgan fingerprint density at radius 1 is 1.48 bits per heavy atom. The Morgan fingerprint density at radius 2 is 2.24 bits per heavy atom. The minimum absolute atomic E-state index is 0.0146. The van der Waals surface area contributed by atoms with Crippen LogP contribution in [0.15, 0.2) is 24.3 Å². The van der Waals surface area contributed by atoms with Gasteiger partial charge in [-0.05, 0) is 17.5 Å². The quantitative estimate of drug-likeness (QED) is 0.860. The lowest BCUT2D eigenvalue weighted by Crippen LogP contribution is -2.48. The third-order valence-electron chi connectivity index (χ3n) is 3.71. The number of nitrogens with two attached hydrogens (primary N) is 1. The Kier molecular flexibility index (Phi) is 5.73. The van der Waals surface area contributed by atoms with Crippen LogP contribution in [0.1, 0.15) is 25.3 Å². The first kappa shape index (κ1) is 15.9. The Balaban J connectivity index is 1.93.